The van der Waals surface area contributed by atoms with Crippen LogP contribution in [-0.4, -0.2) is 86.1 Å². The fraction of sp³-hybridized carbons (Fsp3) is 0.643. The number of nitrogens with one attached hydrogen (secondary N) is 1. The van der Waals surface area contributed by atoms with Gasteiger partial charge in [0, 0.05) is 13.1 Å². The van der Waals surface area contributed by atoms with Crippen molar-refractivity contribution in [1.82, 2.24) is 19.5 Å². The predicted molar refractivity (Wildman–Crippen MR) is 84.2 cm³/mol. The Morgan fingerprint density at radius 2 is 2.04 bits per heavy atom. The first-order valence-electron chi connectivity index (χ1n) is 8.02. The predicted octanol–water partition coefficient (Wildman–Crippen LogP) is -2.43. The molecule has 136 valence electrons. The van der Waals surface area contributed by atoms with Gasteiger partial charge in [-0.2, -0.15) is 0 Å². The molecule has 0 spiro atoms. The van der Waals surface area contributed by atoms with E-state index in [1.807, 2.05) is 4.90 Å². The first-order chi connectivity index (χ1) is 12.1. The highest BCUT2D eigenvalue weighted by Crippen LogP contribution is 2.34. The lowest BCUT2D eigenvalue weighted by Crippen LogP contribution is -2.39. The third kappa shape index (κ3) is 2.60. The summed E-state index contributed by atoms with van der Waals surface area (Å²) in [5.41, 5.74) is -0.0631. The van der Waals surface area contributed by atoms with Gasteiger partial charge in [-0.15, -0.1) is 0 Å². The lowest BCUT2D eigenvalue weighted by molar-refractivity contribution is -0.0506. The normalized spacial score (nSPS) is 30.3. The standard InChI is InChI=1S/C14H19N5O6/c20-5-7-9(21)10(22)13(25-7)19-11-8(12(23)16-6-15-11)17-14(19)18-1-3-24-4-2-18/h6-7,9-10,13,20-22H,1-5H2,(H,15,16,23)/t7-,9+,10+,13+/m0/s1. The zero-order valence-electron chi connectivity index (χ0n) is 13.3. The van der Waals surface area contributed by atoms with E-state index in [-0.39, 0.29) is 11.2 Å². The number of rotatable bonds is 3. The van der Waals surface area contributed by atoms with Gasteiger partial charge in [-0.25, -0.2) is 9.97 Å². The Balaban J connectivity index is 1.86. The molecule has 2 aliphatic rings. The van der Waals surface area contributed by atoms with E-state index in [0.717, 1.165) is 0 Å². The van der Waals surface area contributed by atoms with Gasteiger partial charge < -0.3 is 34.7 Å². The number of imidazole rings is 1. The smallest absolute Gasteiger partial charge is 0.278 e. The van der Waals surface area contributed by atoms with Crippen molar-refractivity contribution in [3.05, 3.63) is 16.7 Å². The highest BCUT2D eigenvalue weighted by Gasteiger charge is 2.45. The van der Waals surface area contributed by atoms with E-state index in [1.54, 1.807) is 0 Å². The van der Waals surface area contributed by atoms with Gasteiger partial charge in [0.05, 0.1) is 26.1 Å². The summed E-state index contributed by atoms with van der Waals surface area (Å²) in [6, 6.07) is 0. The highest BCUT2D eigenvalue weighted by molar-refractivity contribution is 5.73. The zero-order chi connectivity index (χ0) is 17.6. The number of fused-ring (bicyclic) bond motifs is 1. The van der Waals surface area contributed by atoms with Gasteiger partial charge in [-0.1, -0.05) is 0 Å². The minimum absolute atomic E-state index is 0.113. The summed E-state index contributed by atoms with van der Waals surface area (Å²) in [7, 11) is 0. The molecule has 4 heterocycles. The first-order valence-corrected chi connectivity index (χ1v) is 8.02. The molecule has 2 saturated heterocycles. The quantitative estimate of drug-likeness (QED) is 0.473. The van der Waals surface area contributed by atoms with Crippen LogP contribution in [-0.2, 0) is 9.47 Å². The van der Waals surface area contributed by atoms with Crippen LogP contribution in [0.1, 0.15) is 6.23 Å². The van der Waals surface area contributed by atoms with Crippen molar-refractivity contribution < 1.29 is 24.8 Å². The van der Waals surface area contributed by atoms with Crippen LogP contribution in [0.3, 0.4) is 0 Å². The maximum Gasteiger partial charge on any atom is 0.278 e. The van der Waals surface area contributed by atoms with Crippen molar-refractivity contribution >= 4 is 17.1 Å². The highest BCUT2D eigenvalue weighted by atomic mass is 16.6. The molecule has 4 rings (SSSR count). The fourth-order valence-electron chi connectivity index (χ4n) is 3.22. The molecule has 0 bridgehead atoms. The summed E-state index contributed by atoms with van der Waals surface area (Å²) in [5, 5.41) is 29.8. The molecule has 0 saturated carbocycles. The van der Waals surface area contributed by atoms with Crippen LogP contribution >= 0.6 is 0 Å². The number of aliphatic hydroxyl groups is 3. The molecule has 2 aromatic rings. The van der Waals surface area contributed by atoms with Crippen molar-refractivity contribution in [2.24, 2.45) is 0 Å². The molecule has 2 fully saturated rings. The number of ether oxygens (including phenoxy) is 2. The summed E-state index contributed by atoms with van der Waals surface area (Å²) < 4.78 is 12.5. The lowest BCUT2D eigenvalue weighted by Gasteiger charge is -2.30. The monoisotopic (exact) mass is 353 g/mol. The molecule has 0 aromatic carbocycles. The largest absolute Gasteiger partial charge is 0.394 e. The fourth-order valence-corrected chi connectivity index (χ4v) is 3.22. The molecule has 4 N–H and O–H groups in total. The van der Waals surface area contributed by atoms with Crippen molar-refractivity contribution in [1.29, 1.82) is 0 Å². The average Bonchev–Trinajstić information content (AvgIpc) is 3.15. The van der Waals surface area contributed by atoms with E-state index in [1.165, 1.54) is 10.9 Å². The van der Waals surface area contributed by atoms with Crippen molar-refractivity contribution in [3.63, 3.8) is 0 Å². The maximum atomic E-state index is 12.1. The van der Waals surface area contributed by atoms with Crippen LogP contribution in [0.15, 0.2) is 11.1 Å². The van der Waals surface area contributed by atoms with Gasteiger partial charge in [0.25, 0.3) is 5.56 Å². The number of anilines is 1. The number of hydrogen-bond acceptors (Lipinski definition) is 9. The Morgan fingerprint density at radius 1 is 1.28 bits per heavy atom. The first kappa shape index (κ1) is 16.4. The summed E-state index contributed by atoms with van der Waals surface area (Å²) in [5.74, 6) is 0.400. The molecule has 0 radical (unpaired) electrons. The molecule has 4 atom stereocenters. The summed E-state index contributed by atoms with van der Waals surface area (Å²) >= 11 is 0. The van der Waals surface area contributed by atoms with Crippen LogP contribution in [0.2, 0.25) is 0 Å². The number of hydrogen-bond donors (Lipinski definition) is 4. The Bertz CT molecular complexity index is 816. The molecular weight excluding hydrogens is 334 g/mol. The lowest BCUT2D eigenvalue weighted by atomic mass is 10.1. The minimum Gasteiger partial charge on any atom is -0.394 e. The summed E-state index contributed by atoms with van der Waals surface area (Å²) in [6.45, 7) is 1.67. The minimum atomic E-state index is -1.30. The molecule has 2 aliphatic heterocycles. The topological polar surface area (TPSA) is 146 Å². The van der Waals surface area contributed by atoms with Crippen LogP contribution in [0.5, 0.6) is 0 Å². The molecule has 11 heteroatoms. The van der Waals surface area contributed by atoms with Crippen molar-refractivity contribution in [3.8, 4) is 0 Å². The van der Waals surface area contributed by atoms with E-state index < -0.39 is 36.7 Å². The zero-order valence-corrected chi connectivity index (χ0v) is 13.3. The SMILES string of the molecule is O=c1[nH]cnc2c1nc(N1CCOCC1)n2[C@@H]1O[C@@H](CO)[C@@H](O)[C@H]1O. The van der Waals surface area contributed by atoms with Gasteiger partial charge in [0.15, 0.2) is 17.4 Å². The number of aromatic nitrogens is 4. The number of aromatic amines is 1. The number of H-pyrrole nitrogens is 1. The second-order valence-corrected chi connectivity index (χ2v) is 6.01. The van der Waals surface area contributed by atoms with Crippen LogP contribution in [0.4, 0.5) is 5.95 Å². The third-order valence-electron chi connectivity index (χ3n) is 4.53. The van der Waals surface area contributed by atoms with Crippen LogP contribution in [0, 0.1) is 0 Å². The summed E-state index contributed by atoms with van der Waals surface area (Å²) in [6.07, 6.45) is -3.27. The van der Waals surface area contributed by atoms with Gasteiger partial charge >= 0.3 is 0 Å². The van der Waals surface area contributed by atoms with Gasteiger partial charge in [0.2, 0.25) is 5.95 Å². The molecule has 0 amide bonds. The molecule has 0 aliphatic carbocycles. The number of morpholine rings is 1. The van der Waals surface area contributed by atoms with Crippen LogP contribution in [0.25, 0.3) is 11.2 Å². The summed E-state index contributed by atoms with van der Waals surface area (Å²) in [4.78, 5) is 25.0. The van der Waals surface area contributed by atoms with Crippen molar-refractivity contribution in [2.75, 3.05) is 37.8 Å². The Morgan fingerprint density at radius 3 is 2.72 bits per heavy atom. The third-order valence-corrected chi connectivity index (χ3v) is 4.53. The number of nitrogens with zero attached hydrogens (tertiary/aromatic N) is 4. The van der Waals surface area contributed by atoms with Gasteiger partial charge in [0.1, 0.15) is 18.3 Å². The Kier molecular flexibility index (Phi) is 4.17. The Hall–Kier alpha value is -2.05. The van der Waals surface area contributed by atoms with Crippen molar-refractivity contribution in [2.45, 2.75) is 24.5 Å². The Labute approximate surface area is 141 Å². The molecule has 2 aromatic heterocycles. The second kappa shape index (κ2) is 6.35. The average molecular weight is 353 g/mol. The van der Waals surface area contributed by atoms with Crippen LogP contribution < -0.4 is 10.5 Å². The van der Waals surface area contributed by atoms with Gasteiger partial charge in [-0.3, -0.25) is 9.36 Å². The van der Waals surface area contributed by atoms with E-state index in [2.05, 4.69) is 15.0 Å². The van der Waals surface area contributed by atoms with E-state index >= 15 is 0 Å². The maximum absolute atomic E-state index is 12.1. The van der Waals surface area contributed by atoms with E-state index in [0.29, 0.717) is 32.3 Å². The second-order valence-electron chi connectivity index (χ2n) is 6.01. The molecular formula is C14H19N5O6. The van der Waals surface area contributed by atoms with E-state index in [9.17, 15) is 20.1 Å². The molecule has 25 heavy (non-hydrogen) atoms. The number of aliphatic hydroxyl groups excluding tert-OH is 3. The molecule has 0 unspecified atom stereocenters. The van der Waals surface area contributed by atoms with E-state index in [4.69, 9.17) is 9.47 Å². The molecule has 11 nitrogen and oxygen atoms in total. The van der Waals surface area contributed by atoms with Gasteiger partial charge in [-0.05, 0) is 0 Å².